The van der Waals surface area contributed by atoms with Crippen molar-refractivity contribution in [2.24, 2.45) is 0 Å². The van der Waals surface area contributed by atoms with E-state index >= 15 is 0 Å². The summed E-state index contributed by atoms with van der Waals surface area (Å²) in [5, 5.41) is 21.0. The minimum Gasteiger partial charge on any atom is -0.465 e. The second kappa shape index (κ2) is 3.58. The highest BCUT2D eigenvalue weighted by atomic mass is 16.4. The first-order valence-corrected chi connectivity index (χ1v) is 4.79. The second-order valence-corrected chi connectivity index (χ2v) is 3.84. The lowest BCUT2D eigenvalue weighted by molar-refractivity contribution is 0.0139. The molecule has 2 rings (SSSR count). The number of piperazine rings is 2. The maximum Gasteiger partial charge on any atom is 0.408 e. The molecule has 2 heterocycles. The van der Waals surface area contributed by atoms with Crippen molar-refractivity contribution in [1.82, 2.24) is 15.1 Å². The molecular formula is C8H13N3O4. The normalized spacial score (nSPS) is 30.1. The molecule has 0 aliphatic carbocycles. The highest BCUT2D eigenvalue weighted by molar-refractivity contribution is 5.69. The van der Waals surface area contributed by atoms with Crippen LogP contribution in [0.15, 0.2) is 0 Å². The van der Waals surface area contributed by atoms with Gasteiger partial charge in [-0.3, -0.25) is 4.90 Å². The predicted molar refractivity (Wildman–Crippen MR) is 49.9 cm³/mol. The van der Waals surface area contributed by atoms with Gasteiger partial charge in [0, 0.05) is 26.2 Å². The Morgan fingerprint density at radius 3 is 2.00 bits per heavy atom. The minimum atomic E-state index is -0.975. The van der Waals surface area contributed by atoms with Crippen LogP contribution >= 0.6 is 0 Å². The van der Waals surface area contributed by atoms with Crippen molar-refractivity contribution < 1.29 is 19.8 Å². The van der Waals surface area contributed by atoms with E-state index in [1.807, 2.05) is 0 Å². The molecule has 2 saturated heterocycles. The van der Waals surface area contributed by atoms with Gasteiger partial charge in [-0.05, 0) is 0 Å². The molecule has 0 aromatic heterocycles. The fourth-order valence-electron chi connectivity index (χ4n) is 2.27. The van der Waals surface area contributed by atoms with Crippen LogP contribution in [0.3, 0.4) is 0 Å². The third kappa shape index (κ3) is 1.70. The average molecular weight is 215 g/mol. The summed E-state index contributed by atoms with van der Waals surface area (Å²) in [5.41, 5.74) is 0. The van der Waals surface area contributed by atoms with E-state index in [-0.39, 0.29) is 25.2 Å². The molecule has 0 saturated carbocycles. The van der Waals surface area contributed by atoms with Crippen molar-refractivity contribution in [3.63, 3.8) is 0 Å². The first-order chi connectivity index (χ1) is 7.09. The van der Waals surface area contributed by atoms with Gasteiger partial charge in [0.25, 0.3) is 0 Å². The Bertz CT molecular complexity index is 282. The zero-order valence-corrected chi connectivity index (χ0v) is 8.09. The number of fused-ring (bicyclic) bond motifs is 2. The molecule has 2 amide bonds. The van der Waals surface area contributed by atoms with E-state index < -0.39 is 12.2 Å². The SMILES string of the molecule is O=C(O)N1CC2CNCC(C1)N2C(=O)O. The summed E-state index contributed by atoms with van der Waals surface area (Å²) in [6, 6.07) is -0.516. The van der Waals surface area contributed by atoms with Crippen molar-refractivity contribution in [2.45, 2.75) is 12.1 Å². The van der Waals surface area contributed by atoms with Crippen LogP contribution in [-0.2, 0) is 0 Å². The molecular weight excluding hydrogens is 202 g/mol. The minimum absolute atomic E-state index is 0.255. The fourth-order valence-corrected chi connectivity index (χ4v) is 2.27. The van der Waals surface area contributed by atoms with Gasteiger partial charge in [0.2, 0.25) is 0 Å². The zero-order valence-electron chi connectivity index (χ0n) is 8.09. The molecule has 7 nitrogen and oxygen atoms in total. The maximum absolute atomic E-state index is 11.0. The van der Waals surface area contributed by atoms with Crippen molar-refractivity contribution in [3.05, 3.63) is 0 Å². The van der Waals surface area contributed by atoms with Crippen molar-refractivity contribution in [1.29, 1.82) is 0 Å². The number of hydrogen-bond acceptors (Lipinski definition) is 3. The van der Waals surface area contributed by atoms with Crippen molar-refractivity contribution >= 4 is 12.2 Å². The van der Waals surface area contributed by atoms with Crippen LogP contribution in [0.1, 0.15) is 0 Å². The standard InChI is InChI=1S/C8H13N3O4/c12-7(13)10-3-5-1-9-2-6(4-10)11(5)8(14)15/h5-6,9H,1-4H2,(H,12,13)(H,14,15). The van der Waals surface area contributed by atoms with Gasteiger partial charge in [-0.1, -0.05) is 0 Å². The van der Waals surface area contributed by atoms with Gasteiger partial charge in [0.05, 0.1) is 12.1 Å². The largest absolute Gasteiger partial charge is 0.465 e. The number of nitrogens with one attached hydrogen (secondary N) is 1. The number of amides is 2. The van der Waals surface area contributed by atoms with E-state index in [4.69, 9.17) is 10.2 Å². The van der Waals surface area contributed by atoms with Crippen LogP contribution in [0.4, 0.5) is 9.59 Å². The molecule has 0 aromatic rings. The van der Waals surface area contributed by atoms with Gasteiger partial charge >= 0.3 is 12.2 Å². The first kappa shape index (κ1) is 10.0. The Balaban J connectivity index is 2.15. The quantitative estimate of drug-likeness (QED) is 0.497. The van der Waals surface area contributed by atoms with E-state index in [1.54, 1.807) is 0 Å². The third-order valence-corrected chi connectivity index (χ3v) is 2.90. The monoisotopic (exact) mass is 215 g/mol. The third-order valence-electron chi connectivity index (χ3n) is 2.90. The molecule has 3 N–H and O–H groups in total. The summed E-state index contributed by atoms with van der Waals surface area (Å²) >= 11 is 0. The topological polar surface area (TPSA) is 93.1 Å². The molecule has 2 unspecified atom stereocenters. The van der Waals surface area contributed by atoms with Gasteiger partial charge in [-0.15, -0.1) is 0 Å². The van der Waals surface area contributed by atoms with Crippen LogP contribution in [0, 0.1) is 0 Å². The Morgan fingerprint density at radius 2 is 1.60 bits per heavy atom. The van der Waals surface area contributed by atoms with Gasteiger partial charge in [-0.25, -0.2) is 9.59 Å². The molecule has 7 heteroatoms. The smallest absolute Gasteiger partial charge is 0.408 e. The summed E-state index contributed by atoms with van der Waals surface area (Å²) in [6.45, 7) is 1.55. The lowest BCUT2D eigenvalue weighted by Gasteiger charge is -2.47. The van der Waals surface area contributed by atoms with E-state index in [1.165, 1.54) is 9.80 Å². The first-order valence-electron chi connectivity index (χ1n) is 4.79. The Hall–Kier alpha value is -1.50. The van der Waals surface area contributed by atoms with Crippen LogP contribution in [-0.4, -0.2) is 70.5 Å². The van der Waals surface area contributed by atoms with Gasteiger partial charge in [-0.2, -0.15) is 0 Å². The number of hydrogen-bond donors (Lipinski definition) is 3. The number of carboxylic acid groups (broad SMARTS) is 2. The van der Waals surface area contributed by atoms with E-state index in [9.17, 15) is 9.59 Å². The van der Waals surface area contributed by atoms with Gasteiger partial charge in [0.1, 0.15) is 0 Å². The van der Waals surface area contributed by atoms with E-state index in [2.05, 4.69) is 5.32 Å². The van der Waals surface area contributed by atoms with Crippen molar-refractivity contribution in [3.8, 4) is 0 Å². The highest BCUT2D eigenvalue weighted by Crippen LogP contribution is 2.18. The highest BCUT2D eigenvalue weighted by Gasteiger charge is 2.41. The molecule has 0 spiro atoms. The van der Waals surface area contributed by atoms with Gasteiger partial charge < -0.3 is 20.4 Å². The summed E-state index contributed by atoms with van der Waals surface area (Å²) < 4.78 is 0. The molecule has 2 fully saturated rings. The van der Waals surface area contributed by atoms with Crippen LogP contribution in [0.25, 0.3) is 0 Å². The van der Waals surface area contributed by atoms with Crippen molar-refractivity contribution in [2.75, 3.05) is 26.2 Å². The molecule has 0 aromatic carbocycles. The number of carbonyl (C=O) groups is 2. The van der Waals surface area contributed by atoms with E-state index in [0.717, 1.165) is 0 Å². The molecule has 0 radical (unpaired) electrons. The Morgan fingerprint density at radius 1 is 1.07 bits per heavy atom. The Kier molecular flexibility index (Phi) is 2.39. The molecule has 84 valence electrons. The number of rotatable bonds is 0. The molecule has 2 aliphatic rings. The van der Waals surface area contributed by atoms with Crippen LogP contribution in [0.5, 0.6) is 0 Å². The molecule has 2 aliphatic heterocycles. The fraction of sp³-hybridized carbons (Fsp3) is 0.750. The molecule has 2 bridgehead atoms. The summed E-state index contributed by atoms with van der Waals surface area (Å²) in [7, 11) is 0. The predicted octanol–water partition coefficient (Wildman–Crippen LogP) is -0.700. The zero-order chi connectivity index (χ0) is 11.0. The lowest BCUT2D eigenvalue weighted by Crippen LogP contribution is -2.69. The molecule has 15 heavy (non-hydrogen) atoms. The maximum atomic E-state index is 11.0. The summed E-state index contributed by atoms with van der Waals surface area (Å²) in [4.78, 5) is 24.4. The molecule has 2 atom stereocenters. The van der Waals surface area contributed by atoms with E-state index in [0.29, 0.717) is 13.1 Å². The van der Waals surface area contributed by atoms with Crippen LogP contribution < -0.4 is 5.32 Å². The second-order valence-electron chi connectivity index (χ2n) is 3.84. The Labute approximate surface area is 86.3 Å². The van der Waals surface area contributed by atoms with Crippen LogP contribution in [0.2, 0.25) is 0 Å². The summed E-state index contributed by atoms with van der Waals surface area (Å²) in [5.74, 6) is 0. The van der Waals surface area contributed by atoms with Gasteiger partial charge in [0.15, 0.2) is 0 Å². The lowest BCUT2D eigenvalue weighted by atomic mass is 10.0. The number of nitrogens with zero attached hydrogens (tertiary/aromatic N) is 2. The average Bonchev–Trinajstić information content (AvgIpc) is 2.15. The summed E-state index contributed by atoms with van der Waals surface area (Å²) in [6.07, 6.45) is -1.94.